The highest BCUT2D eigenvalue weighted by molar-refractivity contribution is 6.33. The Morgan fingerprint density at radius 1 is 0.973 bits per heavy atom. The molecule has 0 aliphatic rings. The van der Waals surface area contributed by atoms with Gasteiger partial charge in [0.1, 0.15) is 12.6 Å². The first-order valence-electron chi connectivity index (χ1n) is 11.5. The van der Waals surface area contributed by atoms with Crippen molar-refractivity contribution in [2.24, 2.45) is 0 Å². The highest BCUT2D eigenvalue weighted by Crippen LogP contribution is 2.26. The summed E-state index contributed by atoms with van der Waals surface area (Å²) in [4.78, 5) is 49.4. The average molecular weight is 523 g/mol. The highest BCUT2D eigenvalue weighted by atomic mass is 35.5. The third-order valence-corrected chi connectivity index (χ3v) is 6.09. The molecule has 0 saturated heterocycles. The van der Waals surface area contributed by atoms with Gasteiger partial charge in [-0.1, -0.05) is 72.3 Å². The molecule has 0 spiro atoms. The third-order valence-electron chi connectivity index (χ3n) is 5.76. The van der Waals surface area contributed by atoms with Crippen LogP contribution in [0.4, 0.5) is 0 Å². The maximum atomic E-state index is 12.7. The van der Waals surface area contributed by atoms with Gasteiger partial charge < -0.3 is 20.1 Å². The van der Waals surface area contributed by atoms with Crippen molar-refractivity contribution < 1.29 is 29.0 Å². The maximum Gasteiger partial charge on any atom is 0.328 e. The molecular weight excluding hydrogens is 496 g/mol. The number of amides is 2. The Morgan fingerprint density at radius 2 is 1.62 bits per heavy atom. The molecule has 8 nitrogen and oxygen atoms in total. The van der Waals surface area contributed by atoms with Crippen molar-refractivity contribution in [1.82, 2.24) is 10.2 Å². The smallest absolute Gasteiger partial charge is 0.328 e. The first-order chi connectivity index (χ1) is 17.7. The number of carboxylic acids is 1. The first kappa shape index (κ1) is 27.4. The Kier molecular flexibility index (Phi) is 9.40. The van der Waals surface area contributed by atoms with Gasteiger partial charge in [-0.2, -0.15) is 0 Å². The molecule has 3 aromatic rings. The Balaban J connectivity index is 1.79. The number of esters is 1. The molecular formula is C28H27ClN2O6. The second-order valence-electron chi connectivity index (χ2n) is 8.36. The summed E-state index contributed by atoms with van der Waals surface area (Å²) in [5.74, 6) is -2.49. The number of carbonyl (C=O) groups is 4. The number of carbonyl (C=O) groups excluding carboxylic acids is 3. The normalized spacial score (nSPS) is 11.3. The van der Waals surface area contributed by atoms with Crippen molar-refractivity contribution in [1.29, 1.82) is 0 Å². The predicted molar refractivity (Wildman–Crippen MR) is 139 cm³/mol. The van der Waals surface area contributed by atoms with Crippen molar-refractivity contribution >= 4 is 35.4 Å². The molecule has 0 fully saturated rings. The number of rotatable bonds is 10. The zero-order valence-corrected chi connectivity index (χ0v) is 21.2. The summed E-state index contributed by atoms with van der Waals surface area (Å²) < 4.78 is 4.88. The van der Waals surface area contributed by atoms with Crippen LogP contribution in [0.3, 0.4) is 0 Å². The van der Waals surface area contributed by atoms with E-state index in [2.05, 4.69) is 5.32 Å². The molecule has 2 N–H and O–H groups in total. The average Bonchev–Trinajstić information content (AvgIpc) is 2.88. The summed E-state index contributed by atoms with van der Waals surface area (Å²) in [5, 5.41) is 12.1. The van der Waals surface area contributed by atoms with Crippen LogP contribution in [0.25, 0.3) is 11.1 Å². The fourth-order valence-electron chi connectivity index (χ4n) is 3.86. The molecule has 0 aromatic heterocycles. The topological polar surface area (TPSA) is 113 Å². The van der Waals surface area contributed by atoms with Crippen LogP contribution in [0.1, 0.15) is 28.4 Å². The van der Waals surface area contributed by atoms with Gasteiger partial charge in [-0.15, -0.1) is 0 Å². The SMILES string of the molecule is COC(=O)[C@H](Cc1ccc(-c2ccccc2CN(CC(=O)O)C(C)=O)cc1)NC(=O)c1ccccc1Cl. The minimum absolute atomic E-state index is 0.151. The molecule has 3 rings (SSSR count). The molecule has 0 heterocycles. The minimum Gasteiger partial charge on any atom is -0.480 e. The highest BCUT2D eigenvalue weighted by Gasteiger charge is 2.24. The van der Waals surface area contributed by atoms with Gasteiger partial charge in [0.15, 0.2) is 0 Å². The fraction of sp³-hybridized carbons (Fsp3) is 0.214. The number of halogens is 1. The molecule has 0 radical (unpaired) electrons. The molecule has 1 atom stereocenters. The molecule has 3 aromatic carbocycles. The summed E-state index contributed by atoms with van der Waals surface area (Å²) >= 11 is 6.11. The van der Waals surface area contributed by atoms with Gasteiger partial charge in [-0.3, -0.25) is 14.4 Å². The Hall–Kier alpha value is -4.17. The molecule has 192 valence electrons. The van der Waals surface area contributed by atoms with E-state index in [0.29, 0.717) is 0 Å². The molecule has 2 amide bonds. The van der Waals surface area contributed by atoms with E-state index in [1.54, 1.807) is 24.3 Å². The lowest BCUT2D eigenvalue weighted by atomic mass is 9.96. The van der Waals surface area contributed by atoms with E-state index in [-0.39, 0.29) is 29.5 Å². The van der Waals surface area contributed by atoms with Crippen LogP contribution < -0.4 is 5.32 Å². The van der Waals surface area contributed by atoms with E-state index in [1.807, 2.05) is 48.5 Å². The Labute approximate surface area is 219 Å². The number of methoxy groups -OCH3 is 1. The van der Waals surface area contributed by atoms with Crippen molar-refractivity contribution in [2.75, 3.05) is 13.7 Å². The summed E-state index contributed by atoms with van der Waals surface area (Å²) in [5.41, 5.74) is 3.54. The van der Waals surface area contributed by atoms with E-state index < -0.39 is 30.4 Å². The van der Waals surface area contributed by atoms with Crippen LogP contribution in [-0.4, -0.2) is 53.5 Å². The van der Waals surface area contributed by atoms with Crippen molar-refractivity contribution in [2.45, 2.75) is 25.9 Å². The van der Waals surface area contributed by atoms with Crippen molar-refractivity contribution in [3.63, 3.8) is 0 Å². The van der Waals surface area contributed by atoms with E-state index in [9.17, 15) is 19.2 Å². The lowest BCUT2D eigenvalue weighted by Crippen LogP contribution is -2.43. The number of hydrogen-bond acceptors (Lipinski definition) is 5. The van der Waals surface area contributed by atoms with Crippen molar-refractivity contribution in [3.05, 3.63) is 94.5 Å². The number of benzene rings is 3. The molecule has 0 aliphatic carbocycles. The number of ether oxygens (including phenoxy) is 1. The number of hydrogen-bond donors (Lipinski definition) is 2. The van der Waals surface area contributed by atoms with E-state index >= 15 is 0 Å². The summed E-state index contributed by atoms with van der Waals surface area (Å²) in [7, 11) is 1.26. The Bertz CT molecular complexity index is 1290. The number of nitrogens with one attached hydrogen (secondary N) is 1. The van der Waals surface area contributed by atoms with Crippen LogP contribution in [0, 0.1) is 0 Å². The molecule has 0 bridgehead atoms. The molecule has 9 heteroatoms. The second-order valence-corrected chi connectivity index (χ2v) is 8.76. The van der Waals surface area contributed by atoms with E-state index in [0.717, 1.165) is 22.3 Å². The number of carboxylic acid groups (broad SMARTS) is 1. The first-order valence-corrected chi connectivity index (χ1v) is 11.8. The molecule has 0 saturated carbocycles. The largest absolute Gasteiger partial charge is 0.480 e. The third kappa shape index (κ3) is 7.41. The second kappa shape index (κ2) is 12.7. The van der Waals surface area contributed by atoms with Crippen LogP contribution in [0.5, 0.6) is 0 Å². The van der Waals surface area contributed by atoms with Gasteiger partial charge in [0, 0.05) is 19.9 Å². The van der Waals surface area contributed by atoms with Gasteiger partial charge in [-0.05, 0) is 34.4 Å². The van der Waals surface area contributed by atoms with Gasteiger partial charge in [-0.25, -0.2) is 4.79 Å². The van der Waals surface area contributed by atoms with Gasteiger partial charge in [0.2, 0.25) is 5.91 Å². The summed E-state index contributed by atoms with van der Waals surface area (Å²) in [6.45, 7) is 1.10. The minimum atomic E-state index is -1.08. The zero-order valence-electron chi connectivity index (χ0n) is 20.4. The summed E-state index contributed by atoms with van der Waals surface area (Å²) in [6.07, 6.45) is 0.196. The fourth-order valence-corrected chi connectivity index (χ4v) is 4.08. The lowest BCUT2D eigenvalue weighted by Gasteiger charge is -2.21. The van der Waals surface area contributed by atoms with Crippen LogP contribution in [0.15, 0.2) is 72.8 Å². The molecule has 0 unspecified atom stereocenters. The van der Waals surface area contributed by atoms with Crippen molar-refractivity contribution in [3.8, 4) is 11.1 Å². The van der Waals surface area contributed by atoms with Crippen LogP contribution >= 0.6 is 11.6 Å². The van der Waals surface area contributed by atoms with Gasteiger partial charge in [0.05, 0.1) is 17.7 Å². The van der Waals surface area contributed by atoms with Crippen LogP contribution in [0.2, 0.25) is 5.02 Å². The van der Waals surface area contributed by atoms with Crippen LogP contribution in [-0.2, 0) is 32.1 Å². The monoisotopic (exact) mass is 522 g/mol. The number of nitrogens with zero attached hydrogens (tertiary/aromatic N) is 1. The number of aliphatic carboxylic acids is 1. The van der Waals surface area contributed by atoms with E-state index in [4.69, 9.17) is 21.4 Å². The van der Waals surface area contributed by atoms with Gasteiger partial charge >= 0.3 is 11.9 Å². The Morgan fingerprint density at radius 3 is 2.24 bits per heavy atom. The molecule has 37 heavy (non-hydrogen) atoms. The maximum absolute atomic E-state index is 12.7. The lowest BCUT2D eigenvalue weighted by molar-refractivity contribution is -0.144. The predicted octanol–water partition coefficient (Wildman–Crippen LogP) is 3.95. The quantitative estimate of drug-likeness (QED) is 0.390. The van der Waals surface area contributed by atoms with E-state index in [1.165, 1.54) is 18.9 Å². The molecule has 0 aliphatic heterocycles. The standard InChI is InChI=1S/C28H27ClN2O6/c1-18(32)31(17-26(33)34)16-21-7-3-4-8-22(21)20-13-11-19(12-14-20)15-25(28(36)37-2)30-27(35)23-9-5-6-10-24(23)29/h3-14,25H,15-17H2,1-2H3,(H,30,35)(H,33,34)/t25-/m0/s1. The van der Waals surface area contributed by atoms with Gasteiger partial charge in [0.25, 0.3) is 5.91 Å². The summed E-state index contributed by atoms with van der Waals surface area (Å²) in [6, 6.07) is 20.5. The zero-order chi connectivity index (χ0) is 26.9.